The van der Waals surface area contributed by atoms with E-state index < -0.39 is 0 Å². The van der Waals surface area contributed by atoms with E-state index in [0.717, 1.165) is 46.3 Å². The van der Waals surface area contributed by atoms with E-state index in [-0.39, 0.29) is 16.7 Å². The van der Waals surface area contributed by atoms with Gasteiger partial charge >= 0.3 is 0 Å². The number of thioether (sulfide) groups is 1. The number of fused-ring (bicyclic) bond motifs is 1. The molecule has 1 fully saturated rings. The number of H-pyrrole nitrogens is 1. The molecule has 7 heteroatoms. The Morgan fingerprint density at radius 3 is 2.74 bits per heavy atom. The topological polar surface area (TPSA) is 74.8 Å². The summed E-state index contributed by atoms with van der Waals surface area (Å²) in [6.45, 7) is 8.31. The number of carbonyl (C=O) groups is 1. The highest BCUT2D eigenvalue weighted by Gasteiger charge is 2.23. The lowest BCUT2D eigenvalue weighted by molar-refractivity contribution is -0.120. The molecule has 2 N–H and O–H groups in total. The average molecular weight is 408 g/mol. The molecule has 1 saturated carbocycles. The number of rotatable bonds is 7. The highest BCUT2D eigenvalue weighted by Crippen LogP contribution is 2.31. The van der Waals surface area contributed by atoms with Gasteiger partial charge in [-0.25, -0.2) is 4.98 Å². The van der Waals surface area contributed by atoms with E-state index in [0.29, 0.717) is 17.1 Å². The van der Waals surface area contributed by atoms with Crippen molar-refractivity contribution in [2.24, 2.45) is 5.92 Å². The molecule has 148 valence electrons. The maximum absolute atomic E-state index is 12.7. The summed E-state index contributed by atoms with van der Waals surface area (Å²) in [6.07, 6.45) is 6.50. The molecule has 0 spiro atoms. The zero-order valence-electron chi connectivity index (χ0n) is 16.6. The first kappa shape index (κ1) is 20.4. The Morgan fingerprint density at radius 2 is 2.07 bits per heavy atom. The molecule has 27 heavy (non-hydrogen) atoms. The molecule has 0 radical (unpaired) electrons. The summed E-state index contributed by atoms with van der Waals surface area (Å²) in [7, 11) is 0. The van der Waals surface area contributed by atoms with Crippen molar-refractivity contribution in [2.45, 2.75) is 82.7 Å². The smallest absolute Gasteiger partial charge is 0.260 e. The normalized spacial score (nSPS) is 17.3. The predicted molar refractivity (Wildman–Crippen MR) is 114 cm³/mol. The van der Waals surface area contributed by atoms with Gasteiger partial charge in [0.25, 0.3) is 5.56 Å². The van der Waals surface area contributed by atoms with Crippen LogP contribution < -0.4 is 10.9 Å². The summed E-state index contributed by atoms with van der Waals surface area (Å²) >= 11 is 2.90. The Bertz CT molecular complexity index is 868. The zero-order chi connectivity index (χ0) is 19.6. The van der Waals surface area contributed by atoms with Crippen molar-refractivity contribution in [3.8, 4) is 0 Å². The summed E-state index contributed by atoms with van der Waals surface area (Å²) in [5, 5.41) is 4.08. The van der Waals surface area contributed by atoms with Crippen molar-refractivity contribution in [3.05, 3.63) is 20.8 Å². The number of aromatic amines is 1. The van der Waals surface area contributed by atoms with Crippen LogP contribution in [0.4, 0.5) is 0 Å². The van der Waals surface area contributed by atoms with Crippen LogP contribution in [0.25, 0.3) is 10.2 Å². The van der Waals surface area contributed by atoms with Crippen LogP contribution in [0.1, 0.15) is 63.3 Å². The lowest BCUT2D eigenvalue weighted by Gasteiger charge is -2.15. The molecule has 5 nitrogen and oxygen atoms in total. The number of hydrogen-bond donors (Lipinski definition) is 2. The molecule has 0 bridgehead atoms. The van der Waals surface area contributed by atoms with Gasteiger partial charge < -0.3 is 10.3 Å². The predicted octanol–water partition coefficient (Wildman–Crippen LogP) is 4.42. The van der Waals surface area contributed by atoms with Crippen LogP contribution in [0.5, 0.6) is 0 Å². The SMILES string of the molecule is CC[C@H](C)Cc1c(C)sc2nc(S[C@@H](C)C(=O)NC3CCCC3)[nH]c(=O)c12. The molecule has 3 rings (SSSR count). The largest absolute Gasteiger partial charge is 0.352 e. The molecule has 0 aliphatic heterocycles. The van der Waals surface area contributed by atoms with E-state index in [2.05, 4.69) is 36.1 Å². The van der Waals surface area contributed by atoms with Crippen LogP contribution in [0, 0.1) is 12.8 Å². The van der Waals surface area contributed by atoms with E-state index in [1.165, 1.54) is 24.6 Å². The fourth-order valence-corrected chi connectivity index (χ4v) is 5.48. The molecule has 2 aromatic rings. The minimum absolute atomic E-state index is 0.0227. The second kappa shape index (κ2) is 8.78. The molecule has 1 aliphatic carbocycles. The van der Waals surface area contributed by atoms with Crippen molar-refractivity contribution >= 4 is 39.2 Å². The van der Waals surface area contributed by atoms with Crippen LogP contribution in [-0.2, 0) is 11.2 Å². The number of carbonyl (C=O) groups excluding carboxylic acids is 1. The van der Waals surface area contributed by atoms with Crippen LogP contribution in [-0.4, -0.2) is 27.2 Å². The van der Waals surface area contributed by atoms with Gasteiger partial charge in [0.05, 0.1) is 10.6 Å². The van der Waals surface area contributed by atoms with Gasteiger partial charge in [-0.15, -0.1) is 11.3 Å². The first-order chi connectivity index (χ1) is 12.9. The summed E-state index contributed by atoms with van der Waals surface area (Å²) in [4.78, 5) is 34.6. The fraction of sp³-hybridized carbons (Fsp3) is 0.650. The van der Waals surface area contributed by atoms with E-state index >= 15 is 0 Å². The summed E-state index contributed by atoms with van der Waals surface area (Å²) in [5.74, 6) is 0.559. The monoisotopic (exact) mass is 407 g/mol. The Labute approximate surface area is 168 Å². The number of thiophene rings is 1. The number of amides is 1. The minimum atomic E-state index is -0.285. The number of aromatic nitrogens is 2. The van der Waals surface area contributed by atoms with Crippen LogP contribution in [0.15, 0.2) is 9.95 Å². The number of nitrogens with one attached hydrogen (secondary N) is 2. The third kappa shape index (κ3) is 4.74. The minimum Gasteiger partial charge on any atom is -0.352 e. The summed E-state index contributed by atoms with van der Waals surface area (Å²) in [5.41, 5.74) is 1.04. The fourth-order valence-electron chi connectivity index (χ4n) is 3.56. The third-order valence-corrected chi connectivity index (χ3v) is 7.48. The van der Waals surface area contributed by atoms with E-state index in [9.17, 15) is 9.59 Å². The third-order valence-electron chi connectivity index (χ3n) is 5.45. The van der Waals surface area contributed by atoms with Crippen LogP contribution in [0.2, 0.25) is 0 Å². The van der Waals surface area contributed by atoms with E-state index in [1.54, 1.807) is 11.3 Å². The quantitative estimate of drug-likeness (QED) is 0.526. The summed E-state index contributed by atoms with van der Waals surface area (Å²) in [6, 6.07) is 0.304. The number of aryl methyl sites for hydroxylation is 1. The highest BCUT2D eigenvalue weighted by molar-refractivity contribution is 8.00. The molecule has 2 aromatic heterocycles. The molecule has 1 amide bonds. The molecular formula is C20H29N3O2S2. The standard InChI is InChI=1S/C20H29N3O2S2/c1-5-11(2)10-15-12(3)26-19-16(15)18(25)22-20(23-19)27-13(4)17(24)21-14-8-6-7-9-14/h11,13-14H,5-10H2,1-4H3,(H,21,24)(H,22,23,25)/t11-,13-/m0/s1. The van der Waals surface area contributed by atoms with E-state index in [1.807, 2.05) is 6.92 Å². The highest BCUT2D eigenvalue weighted by atomic mass is 32.2. The van der Waals surface area contributed by atoms with Gasteiger partial charge in [-0.2, -0.15) is 0 Å². The molecule has 2 atom stereocenters. The molecule has 0 saturated heterocycles. The lowest BCUT2D eigenvalue weighted by atomic mass is 9.98. The van der Waals surface area contributed by atoms with Gasteiger partial charge in [0, 0.05) is 10.9 Å². The second-order valence-electron chi connectivity index (χ2n) is 7.66. The van der Waals surface area contributed by atoms with Gasteiger partial charge in [-0.1, -0.05) is 44.9 Å². The lowest BCUT2D eigenvalue weighted by Crippen LogP contribution is -2.37. The Morgan fingerprint density at radius 1 is 1.37 bits per heavy atom. The van der Waals surface area contributed by atoms with Crippen LogP contribution in [0.3, 0.4) is 0 Å². The van der Waals surface area contributed by atoms with E-state index in [4.69, 9.17) is 0 Å². The van der Waals surface area contributed by atoms with Gasteiger partial charge in [0.1, 0.15) is 4.83 Å². The van der Waals surface area contributed by atoms with Crippen LogP contribution >= 0.6 is 23.1 Å². The van der Waals surface area contributed by atoms with Gasteiger partial charge in [-0.3, -0.25) is 9.59 Å². The second-order valence-corrected chi connectivity index (χ2v) is 10.2. The van der Waals surface area contributed by atoms with Gasteiger partial charge in [-0.05, 0) is 44.6 Å². The van der Waals surface area contributed by atoms with Gasteiger partial charge in [0.15, 0.2) is 5.16 Å². The average Bonchev–Trinajstić information content (AvgIpc) is 3.23. The molecule has 0 aromatic carbocycles. The molecule has 1 aliphatic rings. The molecule has 2 heterocycles. The van der Waals surface area contributed by atoms with Crippen molar-refractivity contribution < 1.29 is 4.79 Å². The number of hydrogen-bond acceptors (Lipinski definition) is 5. The maximum Gasteiger partial charge on any atom is 0.260 e. The maximum atomic E-state index is 12.7. The Balaban J connectivity index is 1.77. The molecular weight excluding hydrogens is 378 g/mol. The first-order valence-corrected chi connectivity index (χ1v) is 11.6. The number of nitrogens with zero attached hydrogens (tertiary/aromatic N) is 1. The van der Waals surface area contributed by atoms with Gasteiger partial charge in [0.2, 0.25) is 5.91 Å². The molecule has 0 unspecified atom stereocenters. The van der Waals surface area contributed by atoms with Crippen molar-refractivity contribution in [2.75, 3.05) is 0 Å². The Kier molecular flexibility index (Phi) is 6.63. The Hall–Kier alpha value is -1.34. The van der Waals surface area contributed by atoms with Crippen molar-refractivity contribution in [3.63, 3.8) is 0 Å². The summed E-state index contributed by atoms with van der Waals surface area (Å²) < 4.78 is 0. The van der Waals surface area contributed by atoms with Crippen molar-refractivity contribution in [1.29, 1.82) is 0 Å². The zero-order valence-corrected chi connectivity index (χ0v) is 18.2. The first-order valence-electron chi connectivity index (χ1n) is 9.88. The van der Waals surface area contributed by atoms with Crippen molar-refractivity contribution in [1.82, 2.24) is 15.3 Å².